The van der Waals surface area contributed by atoms with E-state index in [9.17, 15) is 0 Å². The highest BCUT2D eigenvalue weighted by atomic mass is 16.5. The zero-order valence-corrected chi connectivity index (χ0v) is 10.4. The second kappa shape index (κ2) is 5.40. The number of hydrogen-bond donors (Lipinski definition) is 1. The van der Waals surface area contributed by atoms with E-state index < -0.39 is 0 Å². The van der Waals surface area contributed by atoms with E-state index in [0.717, 1.165) is 22.6 Å². The molecule has 0 spiro atoms. The van der Waals surface area contributed by atoms with Crippen molar-refractivity contribution in [2.45, 2.75) is 6.61 Å². The van der Waals surface area contributed by atoms with E-state index in [0.29, 0.717) is 6.61 Å². The van der Waals surface area contributed by atoms with Crippen LogP contribution in [0.25, 0.3) is 11.3 Å². The number of H-pyrrole nitrogens is 1. The maximum atomic E-state index is 5.89. The summed E-state index contributed by atoms with van der Waals surface area (Å²) in [6.45, 7) is 0.558. The van der Waals surface area contributed by atoms with E-state index in [2.05, 4.69) is 22.3 Å². The smallest absolute Gasteiger partial charge is 0.129 e. The van der Waals surface area contributed by atoms with Gasteiger partial charge in [-0.3, -0.25) is 5.10 Å². The van der Waals surface area contributed by atoms with Crippen molar-refractivity contribution in [2.24, 2.45) is 0 Å². The van der Waals surface area contributed by atoms with E-state index >= 15 is 0 Å². The largest absolute Gasteiger partial charge is 0.488 e. The van der Waals surface area contributed by atoms with Crippen LogP contribution in [0, 0.1) is 0 Å². The van der Waals surface area contributed by atoms with Crippen molar-refractivity contribution in [1.29, 1.82) is 0 Å². The average molecular weight is 250 g/mol. The summed E-state index contributed by atoms with van der Waals surface area (Å²) in [6.07, 6.45) is 1.81. The molecule has 3 heteroatoms. The van der Waals surface area contributed by atoms with Crippen LogP contribution in [-0.2, 0) is 6.61 Å². The molecule has 2 aromatic carbocycles. The summed E-state index contributed by atoms with van der Waals surface area (Å²) in [4.78, 5) is 0. The molecular formula is C16H14N2O. The van der Waals surface area contributed by atoms with Crippen LogP contribution in [0.1, 0.15) is 5.56 Å². The zero-order valence-electron chi connectivity index (χ0n) is 10.4. The minimum Gasteiger partial charge on any atom is -0.488 e. The molecule has 0 saturated carbocycles. The maximum absolute atomic E-state index is 5.89. The van der Waals surface area contributed by atoms with Gasteiger partial charge in [-0.1, -0.05) is 42.5 Å². The second-order valence-corrected chi connectivity index (χ2v) is 4.23. The standard InChI is InChI=1S/C16H14N2O/c1-2-6-13(7-3-1)12-19-16-9-5-4-8-14(16)15-10-11-17-18-15/h1-11H,12H2,(H,17,18). The number of ether oxygens (including phenoxy) is 1. The molecule has 0 aliphatic carbocycles. The summed E-state index contributed by atoms with van der Waals surface area (Å²) in [7, 11) is 0. The van der Waals surface area contributed by atoms with Gasteiger partial charge in [0.1, 0.15) is 12.4 Å². The lowest BCUT2D eigenvalue weighted by Gasteiger charge is -2.09. The fraction of sp³-hybridized carbons (Fsp3) is 0.0625. The molecule has 0 aliphatic heterocycles. The van der Waals surface area contributed by atoms with Gasteiger partial charge in [0, 0.05) is 11.8 Å². The highest BCUT2D eigenvalue weighted by Gasteiger charge is 2.07. The SMILES string of the molecule is c1ccc(COc2ccccc2-c2cc[nH]n2)cc1. The molecule has 19 heavy (non-hydrogen) atoms. The third-order valence-electron chi connectivity index (χ3n) is 2.90. The Morgan fingerprint density at radius 1 is 0.895 bits per heavy atom. The van der Waals surface area contributed by atoms with Crippen LogP contribution in [0.4, 0.5) is 0 Å². The molecule has 1 aromatic heterocycles. The average Bonchev–Trinajstić information content (AvgIpc) is 3.01. The molecule has 94 valence electrons. The van der Waals surface area contributed by atoms with Crippen molar-refractivity contribution in [2.75, 3.05) is 0 Å². The van der Waals surface area contributed by atoms with Crippen LogP contribution in [-0.4, -0.2) is 10.2 Å². The summed E-state index contributed by atoms with van der Waals surface area (Å²) < 4.78 is 5.89. The molecule has 0 fully saturated rings. The summed E-state index contributed by atoms with van der Waals surface area (Å²) in [6, 6.07) is 20.0. The number of nitrogens with zero attached hydrogens (tertiary/aromatic N) is 1. The Hall–Kier alpha value is -2.55. The van der Waals surface area contributed by atoms with Crippen LogP contribution in [0.3, 0.4) is 0 Å². The molecule has 3 rings (SSSR count). The van der Waals surface area contributed by atoms with Crippen molar-refractivity contribution < 1.29 is 4.74 Å². The number of aromatic amines is 1. The van der Waals surface area contributed by atoms with Gasteiger partial charge in [0.2, 0.25) is 0 Å². The molecule has 0 atom stereocenters. The van der Waals surface area contributed by atoms with Gasteiger partial charge in [0.25, 0.3) is 0 Å². The van der Waals surface area contributed by atoms with Gasteiger partial charge in [-0.05, 0) is 23.8 Å². The fourth-order valence-corrected chi connectivity index (χ4v) is 1.95. The molecule has 0 saturated heterocycles. The van der Waals surface area contributed by atoms with Gasteiger partial charge < -0.3 is 4.74 Å². The first kappa shape index (κ1) is 11.5. The molecule has 0 unspecified atom stereocenters. The van der Waals surface area contributed by atoms with Crippen molar-refractivity contribution in [3.8, 4) is 17.0 Å². The van der Waals surface area contributed by atoms with Gasteiger partial charge in [0.05, 0.1) is 5.69 Å². The first-order chi connectivity index (χ1) is 9.43. The Labute approximate surface area is 111 Å². The Morgan fingerprint density at radius 3 is 2.47 bits per heavy atom. The number of benzene rings is 2. The third kappa shape index (κ3) is 2.65. The number of para-hydroxylation sites is 1. The molecule has 1 N–H and O–H groups in total. The van der Waals surface area contributed by atoms with E-state index in [4.69, 9.17) is 4.74 Å². The second-order valence-electron chi connectivity index (χ2n) is 4.23. The highest BCUT2D eigenvalue weighted by Crippen LogP contribution is 2.28. The van der Waals surface area contributed by atoms with Gasteiger partial charge in [-0.25, -0.2) is 0 Å². The lowest BCUT2D eigenvalue weighted by Crippen LogP contribution is -1.96. The van der Waals surface area contributed by atoms with Crippen LogP contribution in [0.15, 0.2) is 66.9 Å². The molecule has 3 nitrogen and oxygen atoms in total. The van der Waals surface area contributed by atoms with Gasteiger partial charge in [-0.15, -0.1) is 0 Å². The number of nitrogens with one attached hydrogen (secondary N) is 1. The van der Waals surface area contributed by atoms with E-state index in [-0.39, 0.29) is 0 Å². The molecule has 0 amide bonds. The summed E-state index contributed by atoms with van der Waals surface area (Å²) >= 11 is 0. The lowest BCUT2D eigenvalue weighted by molar-refractivity contribution is 0.307. The number of hydrogen-bond acceptors (Lipinski definition) is 2. The normalized spacial score (nSPS) is 10.3. The van der Waals surface area contributed by atoms with Crippen molar-refractivity contribution in [1.82, 2.24) is 10.2 Å². The lowest BCUT2D eigenvalue weighted by atomic mass is 10.1. The monoisotopic (exact) mass is 250 g/mol. The Morgan fingerprint density at radius 2 is 1.68 bits per heavy atom. The van der Waals surface area contributed by atoms with Gasteiger partial charge in [-0.2, -0.15) is 5.10 Å². The fourth-order valence-electron chi connectivity index (χ4n) is 1.95. The quantitative estimate of drug-likeness (QED) is 0.767. The molecule has 3 aromatic rings. The van der Waals surface area contributed by atoms with Crippen molar-refractivity contribution in [3.63, 3.8) is 0 Å². The summed E-state index contributed by atoms with van der Waals surface area (Å²) in [5.74, 6) is 0.846. The Bertz CT molecular complexity index is 633. The first-order valence-electron chi connectivity index (χ1n) is 6.19. The molecular weight excluding hydrogens is 236 g/mol. The maximum Gasteiger partial charge on any atom is 0.129 e. The van der Waals surface area contributed by atoms with Crippen LogP contribution in [0.5, 0.6) is 5.75 Å². The molecule has 0 bridgehead atoms. The molecule has 1 heterocycles. The van der Waals surface area contributed by atoms with Gasteiger partial charge >= 0.3 is 0 Å². The summed E-state index contributed by atoms with van der Waals surface area (Å²) in [5, 5.41) is 7.02. The Balaban J connectivity index is 1.82. The minimum absolute atomic E-state index is 0.558. The predicted octanol–water partition coefficient (Wildman–Crippen LogP) is 3.66. The predicted molar refractivity (Wildman–Crippen MR) is 74.8 cm³/mol. The number of rotatable bonds is 4. The van der Waals surface area contributed by atoms with E-state index in [1.165, 1.54) is 0 Å². The molecule has 0 radical (unpaired) electrons. The summed E-state index contributed by atoms with van der Waals surface area (Å²) in [5.41, 5.74) is 3.04. The zero-order chi connectivity index (χ0) is 12.9. The minimum atomic E-state index is 0.558. The topological polar surface area (TPSA) is 37.9 Å². The van der Waals surface area contributed by atoms with E-state index in [1.807, 2.05) is 54.7 Å². The highest BCUT2D eigenvalue weighted by molar-refractivity contribution is 5.66. The Kier molecular flexibility index (Phi) is 3.28. The molecule has 0 aliphatic rings. The van der Waals surface area contributed by atoms with Gasteiger partial charge in [0.15, 0.2) is 0 Å². The third-order valence-corrected chi connectivity index (χ3v) is 2.90. The van der Waals surface area contributed by atoms with Crippen molar-refractivity contribution >= 4 is 0 Å². The number of aromatic nitrogens is 2. The van der Waals surface area contributed by atoms with E-state index in [1.54, 1.807) is 0 Å². The van der Waals surface area contributed by atoms with Crippen LogP contribution in [0.2, 0.25) is 0 Å². The van der Waals surface area contributed by atoms with Crippen molar-refractivity contribution in [3.05, 3.63) is 72.4 Å². The first-order valence-corrected chi connectivity index (χ1v) is 6.19. The van der Waals surface area contributed by atoms with Crippen LogP contribution < -0.4 is 4.74 Å². The van der Waals surface area contributed by atoms with Crippen LogP contribution >= 0.6 is 0 Å².